The number of nitrogens with zero attached hydrogens (tertiary/aromatic N) is 3. The average Bonchev–Trinajstić information content (AvgIpc) is 2.68. The molecule has 0 amide bonds. The first kappa shape index (κ1) is 18.7. The molecular weight excluding hydrogens is 414 g/mol. The average molecular weight is 428 g/mol. The van der Waals surface area contributed by atoms with Crippen LogP contribution >= 0.6 is 15.9 Å². The summed E-state index contributed by atoms with van der Waals surface area (Å²) in [7, 11) is 0. The molecule has 3 rings (SSSR count). The summed E-state index contributed by atoms with van der Waals surface area (Å²) in [4.78, 5) is 31.5. The molecule has 0 saturated carbocycles. The largest absolute Gasteiger partial charge is 0.461 e. The highest BCUT2D eigenvalue weighted by Crippen LogP contribution is 2.28. The molecule has 0 bridgehead atoms. The first-order valence-electron chi connectivity index (χ1n) is 8.04. The number of halogens is 1. The number of hydrogen-bond donors (Lipinski definition) is 0. The van der Waals surface area contributed by atoms with E-state index in [1.54, 1.807) is 6.92 Å². The van der Waals surface area contributed by atoms with Crippen LogP contribution in [0.15, 0.2) is 59.2 Å². The molecule has 0 unspecified atom stereocenters. The fourth-order valence-electron chi connectivity index (χ4n) is 2.47. The van der Waals surface area contributed by atoms with Crippen LogP contribution in [0.2, 0.25) is 0 Å². The third-order valence-corrected chi connectivity index (χ3v) is 4.21. The molecule has 0 atom stereocenters. The van der Waals surface area contributed by atoms with Gasteiger partial charge in [0.25, 0.3) is 5.69 Å². The second-order valence-corrected chi connectivity index (χ2v) is 6.40. The summed E-state index contributed by atoms with van der Waals surface area (Å²) in [6.07, 6.45) is 1.50. The van der Waals surface area contributed by atoms with E-state index in [4.69, 9.17) is 4.74 Å². The van der Waals surface area contributed by atoms with Crippen molar-refractivity contribution in [1.82, 2.24) is 9.97 Å². The van der Waals surface area contributed by atoms with Crippen LogP contribution in [0.3, 0.4) is 0 Å². The minimum atomic E-state index is -0.598. The van der Waals surface area contributed by atoms with E-state index in [1.807, 2.05) is 24.3 Å². The molecule has 27 heavy (non-hydrogen) atoms. The predicted molar refractivity (Wildman–Crippen MR) is 103 cm³/mol. The molecule has 3 aromatic rings. The Morgan fingerprint density at radius 3 is 2.56 bits per heavy atom. The summed E-state index contributed by atoms with van der Waals surface area (Å²) < 4.78 is 5.94. The number of non-ortho nitro benzene ring substituents is 1. The summed E-state index contributed by atoms with van der Waals surface area (Å²) in [5.74, 6) is -0.598. The van der Waals surface area contributed by atoms with Crippen molar-refractivity contribution < 1.29 is 14.5 Å². The Bertz CT molecular complexity index is 1010. The van der Waals surface area contributed by atoms with Crippen molar-refractivity contribution in [3.63, 3.8) is 0 Å². The van der Waals surface area contributed by atoms with Crippen molar-refractivity contribution in [1.29, 1.82) is 0 Å². The fourth-order valence-corrected chi connectivity index (χ4v) is 2.87. The van der Waals surface area contributed by atoms with Crippen molar-refractivity contribution in [3.8, 4) is 22.5 Å². The van der Waals surface area contributed by atoms with Gasteiger partial charge in [0.15, 0.2) is 5.69 Å². The SMILES string of the molecule is CCOC(=O)c1ncc(-c2cccc(Br)c2)nc1-c1ccc([N+](=O)[O-])cc1. The lowest BCUT2D eigenvalue weighted by atomic mass is 10.1. The monoisotopic (exact) mass is 427 g/mol. The van der Waals surface area contributed by atoms with Crippen LogP contribution in [-0.2, 0) is 4.74 Å². The third kappa shape index (κ3) is 4.17. The minimum Gasteiger partial charge on any atom is -0.461 e. The topological polar surface area (TPSA) is 95.2 Å². The van der Waals surface area contributed by atoms with E-state index in [9.17, 15) is 14.9 Å². The Labute approximate surface area is 163 Å². The molecule has 8 heteroatoms. The van der Waals surface area contributed by atoms with Crippen LogP contribution in [0.4, 0.5) is 5.69 Å². The minimum absolute atomic E-state index is 0.0486. The fraction of sp³-hybridized carbons (Fsp3) is 0.105. The molecule has 1 aromatic heterocycles. The number of ether oxygens (including phenoxy) is 1. The summed E-state index contributed by atoms with van der Waals surface area (Å²) in [5, 5.41) is 10.9. The maximum absolute atomic E-state index is 12.3. The van der Waals surface area contributed by atoms with Gasteiger partial charge in [0.05, 0.1) is 23.4 Å². The molecule has 0 N–H and O–H groups in total. The molecular formula is C19H14BrN3O4. The molecule has 0 saturated heterocycles. The smallest absolute Gasteiger partial charge is 0.359 e. The standard InChI is InChI=1S/C19H14BrN3O4/c1-2-27-19(24)18-17(12-6-8-15(9-7-12)23(25)26)22-16(11-21-18)13-4-3-5-14(20)10-13/h3-11H,2H2,1H3. The van der Waals surface area contributed by atoms with Gasteiger partial charge in [-0.2, -0.15) is 0 Å². The zero-order valence-corrected chi connectivity index (χ0v) is 15.8. The Morgan fingerprint density at radius 2 is 1.93 bits per heavy atom. The Balaban J connectivity index is 2.13. The molecule has 0 aliphatic rings. The lowest BCUT2D eigenvalue weighted by molar-refractivity contribution is -0.384. The molecule has 136 valence electrons. The number of carbonyl (C=O) groups excluding carboxylic acids is 1. The number of benzene rings is 2. The third-order valence-electron chi connectivity index (χ3n) is 3.71. The number of nitro groups is 1. The number of rotatable bonds is 5. The molecule has 1 heterocycles. The number of carbonyl (C=O) groups is 1. The first-order chi connectivity index (χ1) is 13.0. The second-order valence-electron chi connectivity index (χ2n) is 5.49. The quantitative estimate of drug-likeness (QED) is 0.333. The summed E-state index contributed by atoms with van der Waals surface area (Å²) in [6, 6.07) is 13.3. The Morgan fingerprint density at radius 1 is 1.19 bits per heavy atom. The van der Waals surface area contributed by atoms with Gasteiger partial charge in [-0.25, -0.2) is 14.8 Å². The van der Waals surface area contributed by atoms with Crippen LogP contribution in [0, 0.1) is 10.1 Å². The first-order valence-corrected chi connectivity index (χ1v) is 8.84. The molecule has 0 aliphatic heterocycles. The van der Waals surface area contributed by atoms with E-state index in [1.165, 1.54) is 30.5 Å². The van der Waals surface area contributed by atoms with Gasteiger partial charge in [-0.3, -0.25) is 10.1 Å². The van der Waals surface area contributed by atoms with Gasteiger partial charge in [-0.1, -0.05) is 28.1 Å². The highest BCUT2D eigenvalue weighted by Gasteiger charge is 2.19. The van der Waals surface area contributed by atoms with Crippen LogP contribution < -0.4 is 0 Å². The van der Waals surface area contributed by atoms with Gasteiger partial charge in [-0.05, 0) is 31.2 Å². The normalized spacial score (nSPS) is 10.4. The van der Waals surface area contributed by atoms with Crippen LogP contribution in [-0.4, -0.2) is 27.5 Å². The van der Waals surface area contributed by atoms with E-state index in [2.05, 4.69) is 25.9 Å². The van der Waals surface area contributed by atoms with Crippen molar-refractivity contribution in [2.75, 3.05) is 6.61 Å². The maximum atomic E-state index is 12.3. The van der Waals surface area contributed by atoms with Crippen LogP contribution in [0.5, 0.6) is 0 Å². The lowest BCUT2D eigenvalue weighted by Crippen LogP contribution is -2.10. The van der Waals surface area contributed by atoms with E-state index < -0.39 is 10.9 Å². The van der Waals surface area contributed by atoms with Crippen molar-refractivity contribution in [3.05, 3.63) is 75.0 Å². The van der Waals surface area contributed by atoms with E-state index in [-0.39, 0.29) is 18.0 Å². The summed E-state index contributed by atoms with van der Waals surface area (Å²) in [5.41, 5.74) is 2.24. The molecule has 7 nitrogen and oxygen atoms in total. The van der Waals surface area contributed by atoms with E-state index >= 15 is 0 Å². The van der Waals surface area contributed by atoms with E-state index in [0.29, 0.717) is 17.0 Å². The van der Waals surface area contributed by atoms with Crippen molar-refractivity contribution in [2.24, 2.45) is 0 Å². The summed E-state index contributed by atoms with van der Waals surface area (Å²) in [6.45, 7) is 1.90. The lowest BCUT2D eigenvalue weighted by Gasteiger charge is -2.10. The van der Waals surface area contributed by atoms with Gasteiger partial charge in [0, 0.05) is 27.7 Å². The van der Waals surface area contributed by atoms with Gasteiger partial charge < -0.3 is 4.74 Å². The predicted octanol–water partition coefficient (Wildman–Crippen LogP) is 4.66. The van der Waals surface area contributed by atoms with Crippen molar-refractivity contribution in [2.45, 2.75) is 6.92 Å². The molecule has 2 aromatic carbocycles. The number of nitro benzene ring substituents is 1. The summed E-state index contributed by atoms with van der Waals surface area (Å²) >= 11 is 3.42. The zero-order chi connectivity index (χ0) is 19.4. The number of hydrogen-bond acceptors (Lipinski definition) is 6. The van der Waals surface area contributed by atoms with Gasteiger partial charge in [0.1, 0.15) is 5.69 Å². The maximum Gasteiger partial charge on any atom is 0.359 e. The Kier molecular flexibility index (Phi) is 5.56. The van der Waals surface area contributed by atoms with Crippen molar-refractivity contribution >= 4 is 27.6 Å². The number of esters is 1. The van der Waals surface area contributed by atoms with Gasteiger partial charge in [0.2, 0.25) is 0 Å². The molecule has 0 aliphatic carbocycles. The molecule has 0 radical (unpaired) electrons. The van der Waals surface area contributed by atoms with Crippen LogP contribution in [0.1, 0.15) is 17.4 Å². The van der Waals surface area contributed by atoms with E-state index in [0.717, 1.165) is 10.0 Å². The molecule has 0 spiro atoms. The van der Waals surface area contributed by atoms with Gasteiger partial charge >= 0.3 is 5.97 Å². The zero-order valence-electron chi connectivity index (χ0n) is 14.3. The second kappa shape index (κ2) is 8.05. The van der Waals surface area contributed by atoms with Gasteiger partial charge in [-0.15, -0.1) is 0 Å². The highest BCUT2D eigenvalue weighted by molar-refractivity contribution is 9.10. The molecule has 0 fully saturated rings. The van der Waals surface area contributed by atoms with Crippen LogP contribution in [0.25, 0.3) is 22.5 Å². The Hall–Kier alpha value is -3.13. The number of aromatic nitrogens is 2. The highest BCUT2D eigenvalue weighted by atomic mass is 79.9.